The molecule has 1 aliphatic rings. The Bertz CT molecular complexity index is 386. The minimum atomic E-state index is -0.485. The standard InChI is InChI=1S/C17H27NO2/c18-11-10-17(19)15-8-5-9-16(12-15)20-13-14-6-3-1-2-4-7-14/h5,8-9,12,14,17,19H,1-4,6-7,10-11,13,18H2/t17-/m0/s1. The van der Waals surface area contributed by atoms with Crippen LogP contribution in [-0.4, -0.2) is 18.3 Å². The molecule has 0 amide bonds. The highest BCUT2D eigenvalue weighted by atomic mass is 16.5. The summed E-state index contributed by atoms with van der Waals surface area (Å²) in [6, 6.07) is 7.78. The van der Waals surface area contributed by atoms with E-state index >= 15 is 0 Å². The second-order valence-electron chi connectivity index (χ2n) is 5.83. The van der Waals surface area contributed by atoms with Crippen LogP contribution in [0.2, 0.25) is 0 Å². The zero-order valence-corrected chi connectivity index (χ0v) is 12.3. The van der Waals surface area contributed by atoms with Crippen LogP contribution < -0.4 is 10.5 Å². The number of rotatable bonds is 6. The SMILES string of the molecule is NCC[C@H](O)c1cccc(OCC2CCCCCC2)c1. The molecule has 20 heavy (non-hydrogen) atoms. The second-order valence-corrected chi connectivity index (χ2v) is 5.83. The Labute approximate surface area is 122 Å². The van der Waals surface area contributed by atoms with Gasteiger partial charge in [-0.25, -0.2) is 0 Å². The fraction of sp³-hybridized carbons (Fsp3) is 0.647. The monoisotopic (exact) mass is 277 g/mol. The Balaban J connectivity index is 1.87. The van der Waals surface area contributed by atoms with Crippen LogP contribution in [0.25, 0.3) is 0 Å². The van der Waals surface area contributed by atoms with Crippen molar-refractivity contribution in [2.24, 2.45) is 11.7 Å². The Hall–Kier alpha value is -1.06. The van der Waals surface area contributed by atoms with E-state index in [2.05, 4.69) is 0 Å². The third kappa shape index (κ3) is 4.80. The molecule has 0 unspecified atom stereocenters. The zero-order valence-electron chi connectivity index (χ0n) is 12.3. The maximum atomic E-state index is 9.96. The molecule has 1 aliphatic carbocycles. The Morgan fingerprint density at radius 3 is 2.65 bits per heavy atom. The van der Waals surface area contributed by atoms with E-state index in [1.165, 1.54) is 38.5 Å². The van der Waals surface area contributed by atoms with Gasteiger partial charge in [-0.05, 0) is 49.4 Å². The molecule has 0 bridgehead atoms. The molecule has 2 rings (SSSR count). The zero-order chi connectivity index (χ0) is 14.2. The van der Waals surface area contributed by atoms with E-state index in [-0.39, 0.29) is 0 Å². The molecule has 1 saturated carbocycles. The molecule has 0 radical (unpaired) electrons. The maximum absolute atomic E-state index is 9.96. The van der Waals surface area contributed by atoms with Gasteiger partial charge in [0.1, 0.15) is 5.75 Å². The minimum absolute atomic E-state index is 0.485. The molecule has 0 aromatic heterocycles. The minimum Gasteiger partial charge on any atom is -0.493 e. The average molecular weight is 277 g/mol. The summed E-state index contributed by atoms with van der Waals surface area (Å²) >= 11 is 0. The van der Waals surface area contributed by atoms with Gasteiger partial charge < -0.3 is 15.6 Å². The molecular formula is C17H27NO2. The molecule has 3 heteroatoms. The van der Waals surface area contributed by atoms with Gasteiger partial charge in [-0.3, -0.25) is 0 Å². The van der Waals surface area contributed by atoms with Crippen molar-refractivity contribution in [2.45, 2.75) is 51.0 Å². The first-order valence-electron chi connectivity index (χ1n) is 7.90. The first-order valence-corrected chi connectivity index (χ1v) is 7.90. The molecule has 1 atom stereocenters. The van der Waals surface area contributed by atoms with E-state index in [0.717, 1.165) is 17.9 Å². The Kier molecular flexibility index (Phi) is 6.34. The lowest BCUT2D eigenvalue weighted by Gasteiger charge is -2.16. The second kappa shape index (κ2) is 8.28. The van der Waals surface area contributed by atoms with E-state index in [1.54, 1.807) is 0 Å². The van der Waals surface area contributed by atoms with Crippen LogP contribution in [0.3, 0.4) is 0 Å². The van der Waals surface area contributed by atoms with E-state index in [1.807, 2.05) is 24.3 Å². The van der Waals surface area contributed by atoms with Crippen LogP contribution >= 0.6 is 0 Å². The number of benzene rings is 1. The molecule has 1 aromatic rings. The number of aliphatic hydroxyl groups excluding tert-OH is 1. The summed E-state index contributed by atoms with van der Waals surface area (Å²) in [6.07, 6.45) is 8.10. The molecule has 1 aromatic carbocycles. The highest BCUT2D eigenvalue weighted by molar-refractivity contribution is 5.29. The lowest BCUT2D eigenvalue weighted by molar-refractivity contribution is 0.169. The lowest BCUT2D eigenvalue weighted by atomic mass is 10.0. The molecule has 3 N–H and O–H groups in total. The predicted molar refractivity (Wildman–Crippen MR) is 81.8 cm³/mol. The molecule has 1 fully saturated rings. The largest absolute Gasteiger partial charge is 0.493 e. The number of hydrogen-bond donors (Lipinski definition) is 2. The molecule has 3 nitrogen and oxygen atoms in total. The van der Waals surface area contributed by atoms with Crippen LogP contribution in [0.5, 0.6) is 5.75 Å². The third-order valence-electron chi connectivity index (χ3n) is 4.14. The van der Waals surface area contributed by atoms with Crippen molar-refractivity contribution in [1.29, 1.82) is 0 Å². The molecule has 0 heterocycles. The van der Waals surface area contributed by atoms with E-state index < -0.39 is 6.10 Å². The first-order chi connectivity index (χ1) is 9.79. The van der Waals surface area contributed by atoms with Crippen molar-refractivity contribution < 1.29 is 9.84 Å². The van der Waals surface area contributed by atoms with Crippen molar-refractivity contribution in [3.8, 4) is 5.75 Å². The number of ether oxygens (including phenoxy) is 1. The van der Waals surface area contributed by atoms with Gasteiger partial charge in [0.05, 0.1) is 12.7 Å². The van der Waals surface area contributed by atoms with Gasteiger partial charge in [0.15, 0.2) is 0 Å². The van der Waals surface area contributed by atoms with E-state index in [9.17, 15) is 5.11 Å². The van der Waals surface area contributed by atoms with E-state index in [0.29, 0.717) is 18.9 Å². The summed E-state index contributed by atoms with van der Waals surface area (Å²) < 4.78 is 5.93. The van der Waals surface area contributed by atoms with Crippen LogP contribution in [0.15, 0.2) is 24.3 Å². The molecule has 0 saturated heterocycles. The third-order valence-corrected chi connectivity index (χ3v) is 4.14. The normalized spacial score (nSPS) is 18.5. The highest BCUT2D eigenvalue weighted by Crippen LogP contribution is 2.25. The van der Waals surface area contributed by atoms with Crippen LogP contribution in [0, 0.1) is 5.92 Å². The fourth-order valence-electron chi connectivity index (χ4n) is 2.88. The molecule has 0 spiro atoms. The molecular weight excluding hydrogens is 250 g/mol. The Morgan fingerprint density at radius 1 is 1.20 bits per heavy atom. The summed E-state index contributed by atoms with van der Waals surface area (Å²) in [5.41, 5.74) is 6.38. The summed E-state index contributed by atoms with van der Waals surface area (Å²) in [4.78, 5) is 0. The average Bonchev–Trinajstić information content (AvgIpc) is 2.74. The van der Waals surface area contributed by atoms with Crippen molar-refractivity contribution in [3.63, 3.8) is 0 Å². The smallest absolute Gasteiger partial charge is 0.119 e. The molecule has 112 valence electrons. The van der Waals surface area contributed by atoms with Gasteiger partial charge >= 0.3 is 0 Å². The van der Waals surface area contributed by atoms with E-state index in [4.69, 9.17) is 10.5 Å². The van der Waals surface area contributed by atoms with Crippen molar-refractivity contribution in [2.75, 3.05) is 13.2 Å². The predicted octanol–water partition coefficient (Wildman–Crippen LogP) is 3.42. The van der Waals surface area contributed by atoms with Gasteiger partial charge in [0.2, 0.25) is 0 Å². The molecule has 0 aliphatic heterocycles. The van der Waals surface area contributed by atoms with Crippen LogP contribution in [0.1, 0.15) is 56.6 Å². The van der Waals surface area contributed by atoms with Crippen LogP contribution in [-0.2, 0) is 0 Å². The van der Waals surface area contributed by atoms with Gasteiger partial charge in [0, 0.05) is 0 Å². The fourth-order valence-corrected chi connectivity index (χ4v) is 2.88. The van der Waals surface area contributed by atoms with Gasteiger partial charge in [-0.2, -0.15) is 0 Å². The van der Waals surface area contributed by atoms with Gasteiger partial charge in [0.25, 0.3) is 0 Å². The topological polar surface area (TPSA) is 55.5 Å². The quantitative estimate of drug-likeness (QED) is 0.783. The summed E-state index contributed by atoms with van der Waals surface area (Å²) in [7, 11) is 0. The summed E-state index contributed by atoms with van der Waals surface area (Å²) in [5.74, 6) is 1.55. The number of hydrogen-bond acceptors (Lipinski definition) is 3. The number of aliphatic hydroxyl groups is 1. The van der Waals surface area contributed by atoms with Crippen LogP contribution in [0.4, 0.5) is 0 Å². The van der Waals surface area contributed by atoms with Crippen molar-refractivity contribution >= 4 is 0 Å². The maximum Gasteiger partial charge on any atom is 0.119 e. The lowest BCUT2D eigenvalue weighted by Crippen LogP contribution is -2.11. The summed E-state index contributed by atoms with van der Waals surface area (Å²) in [6.45, 7) is 1.30. The Morgan fingerprint density at radius 2 is 1.95 bits per heavy atom. The van der Waals surface area contributed by atoms with Crippen molar-refractivity contribution in [1.82, 2.24) is 0 Å². The van der Waals surface area contributed by atoms with Gasteiger partial charge in [-0.1, -0.05) is 37.8 Å². The summed E-state index contributed by atoms with van der Waals surface area (Å²) in [5, 5.41) is 9.96. The van der Waals surface area contributed by atoms with Gasteiger partial charge in [-0.15, -0.1) is 0 Å². The highest BCUT2D eigenvalue weighted by Gasteiger charge is 2.13. The number of nitrogens with two attached hydrogens (primary N) is 1. The van der Waals surface area contributed by atoms with Crippen molar-refractivity contribution in [3.05, 3.63) is 29.8 Å². The first kappa shape index (κ1) is 15.3.